The summed E-state index contributed by atoms with van der Waals surface area (Å²) in [5.41, 5.74) is 0. The Bertz CT molecular complexity index is 1560. The quantitative estimate of drug-likeness (QED) is 0.0261. The van der Waals surface area contributed by atoms with Crippen molar-refractivity contribution in [3.05, 3.63) is 72.9 Å². The third-order valence-corrected chi connectivity index (χ3v) is 17.1. The van der Waals surface area contributed by atoms with Gasteiger partial charge in [-0.05, 0) is 64.2 Å². The lowest BCUT2D eigenvalue weighted by molar-refractivity contribution is -0.302. The fourth-order valence-electron chi connectivity index (χ4n) is 11.5. The molecule has 0 aromatic heterocycles. The van der Waals surface area contributed by atoms with E-state index in [1.165, 1.54) is 231 Å². The number of rotatable bonds is 63. The molecule has 490 valence electrons. The number of carbonyl (C=O) groups excluding carboxylic acids is 1. The van der Waals surface area contributed by atoms with Gasteiger partial charge in [0.2, 0.25) is 5.91 Å². The van der Waals surface area contributed by atoms with Gasteiger partial charge in [0, 0.05) is 6.42 Å². The molecule has 0 aliphatic carbocycles. The monoisotopic (exact) mass is 1180 g/mol. The van der Waals surface area contributed by atoms with Gasteiger partial charge >= 0.3 is 0 Å². The molecule has 0 spiro atoms. The third kappa shape index (κ3) is 51.7. The topological polar surface area (TPSA) is 149 Å². The van der Waals surface area contributed by atoms with Crippen LogP contribution in [0.15, 0.2) is 72.9 Å². The summed E-state index contributed by atoms with van der Waals surface area (Å²) in [6, 6.07) is -0.728. The van der Waals surface area contributed by atoms with E-state index in [2.05, 4.69) is 92.1 Å². The first-order valence-corrected chi connectivity index (χ1v) is 36.1. The van der Waals surface area contributed by atoms with E-state index < -0.39 is 49.5 Å². The van der Waals surface area contributed by atoms with Crippen molar-refractivity contribution in [3.8, 4) is 0 Å². The number of aliphatic hydroxyl groups excluding tert-OH is 5. The van der Waals surface area contributed by atoms with E-state index in [1.54, 1.807) is 0 Å². The number of ether oxygens (including phenoxy) is 2. The molecule has 1 rings (SSSR count). The minimum absolute atomic E-state index is 0.141. The lowest BCUT2D eigenvalue weighted by atomic mass is 9.99. The van der Waals surface area contributed by atoms with Crippen molar-refractivity contribution in [3.63, 3.8) is 0 Å². The predicted octanol–water partition coefficient (Wildman–Crippen LogP) is 19.9. The molecule has 1 amide bonds. The molecule has 9 heteroatoms. The van der Waals surface area contributed by atoms with E-state index in [1.807, 2.05) is 0 Å². The average Bonchev–Trinajstić information content (AvgIpc) is 3.69. The second-order valence-corrected chi connectivity index (χ2v) is 25.0. The summed E-state index contributed by atoms with van der Waals surface area (Å²) in [7, 11) is 0. The Labute approximate surface area is 519 Å². The molecule has 9 nitrogen and oxygen atoms in total. The van der Waals surface area contributed by atoms with E-state index in [0.29, 0.717) is 12.8 Å². The van der Waals surface area contributed by atoms with Crippen LogP contribution in [0.5, 0.6) is 0 Å². The standard InChI is InChI=1S/C75H137NO8/c1-3-5-7-9-11-13-15-17-19-21-23-25-27-29-31-33-34-35-37-38-40-42-44-46-48-50-52-54-56-58-60-62-64-69(78)68(67-83-75-74(82)73(81)72(80)70(66-77)84-75)76-71(79)65-63-61-59-57-55-53-51-49-47-45-43-41-39-36-32-30-28-26-24-22-20-18-16-14-12-10-8-6-4-2/h6,8,12,14,18,20,24,26,30,32,39,41,68-70,72-75,77-78,80-82H,3-5,7,9-11,13,15-17,19,21-23,25,27-29,31,33-38,40,42-67H2,1-2H3,(H,76,79)/b8-6-,14-12-,20-18-,26-24-,32-30-,41-39-. The van der Waals surface area contributed by atoms with Crippen LogP contribution in [0.4, 0.5) is 0 Å². The summed E-state index contributed by atoms with van der Waals surface area (Å²) in [4.78, 5) is 13.2. The molecule has 6 N–H and O–H groups in total. The molecule has 1 heterocycles. The number of carbonyl (C=O) groups is 1. The molecule has 1 aliphatic rings. The summed E-state index contributed by atoms with van der Waals surface area (Å²) in [5, 5.41) is 55.0. The van der Waals surface area contributed by atoms with Crippen LogP contribution in [0.25, 0.3) is 0 Å². The van der Waals surface area contributed by atoms with E-state index in [4.69, 9.17) is 9.47 Å². The summed E-state index contributed by atoms with van der Waals surface area (Å²) >= 11 is 0. The fraction of sp³-hybridized carbons (Fsp3) is 0.827. The zero-order chi connectivity index (χ0) is 60.7. The molecule has 7 unspecified atom stereocenters. The Kier molecular flexibility index (Phi) is 60.3. The van der Waals surface area contributed by atoms with Crippen molar-refractivity contribution in [1.29, 1.82) is 0 Å². The van der Waals surface area contributed by atoms with Crippen molar-refractivity contribution < 1.29 is 39.8 Å². The van der Waals surface area contributed by atoms with Crippen LogP contribution in [0.3, 0.4) is 0 Å². The highest BCUT2D eigenvalue weighted by Crippen LogP contribution is 2.24. The first kappa shape index (κ1) is 79.6. The number of nitrogens with one attached hydrogen (secondary N) is 1. The molecule has 0 radical (unpaired) electrons. The summed E-state index contributed by atoms with van der Waals surface area (Å²) in [6.45, 7) is 3.76. The lowest BCUT2D eigenvalue weighted by Crippen LogP contribution is -2.60. The Morgan fingerprint density at radius 2 is 0.738 bits per heavy atom. The average molecular weight is 1180 g/mol. The Hall–Kier alpha value is -2.37. The molecule has 0 aromatic carbocycles. The maximum absolute atomic E-state index is 13.2. The van der Waals surface area contributed by atoms with Gasteiger partial charge in [-0.15, -0.1) is 0 Å². The molecule has 0 aromatic rings. The van der Waals surface area contributed by atoms with Gasteiger partial charge in [-0.25, -0.2) is 0 Å². The zero-order valence-corrected chi connectivity index (χ0v) is 54.9. The highest BCUT2D eigenvalue weighted by Gasteiger charge is 2.44. The van der Waals surface area contributed by atoms with Gasteiger partial charge in [0.25, 0.3) is 0 Å². The summed E-state index contributed by atoms with van der Waals surface area (Å²) in [6.07, 6.45) is 82.6. The molecular formula is C75H137NO8. The van der Waals surface area contributed by atoms with Gasteiger partial charge in [0.1, 0.15) is 24.4 Å². The van der Waals surface area contributed by atoms with Crippen molar-refractivity contribution in [2.45, 2.75) is 384 Å². The smallest absolute Gasteiger partial charge is 0.220 e. The molecule has 0 saturated carbocycles. The first-order chi connectivity index (χ1) is 41.3. The second-order valence-electron chi connectivity index (χ2n) is 25.0. The number of hydrogen-bond acceptors (Lipinski definition) is 8. The van der Waals surface area contributed by atoms with Crippen LogP contribution in [0.1, 0.15) is 341 Å². The number of unbranched alkanes of at least 4 members (excludes halogenated alkanes) is 41. The minimum Gasteiger partial charge on any atom is -0.394 e. The lowest BCUT2D eigenvalue weighted by Gasteiger charge is -2.40. The molecular weight excluding hydrogens is 1040 g/mol. The van der Waals surface area contributed by atoms with E-state index in [9.17, 15) is 30.3 Å². The minimum atomic E-state index is -1.56. The maximum atomic E-state index is 13.2. The largest absolute Gasteiger partial charge is 0.394 e. The van der Waals surface area contributed by atoms with Crippen LogP contribution in [0, 0.1) is 0 Å². The van der Waals surface area contributed by atoms with E-state index in [-0.39, 0.29) is 12.5 Å². The SMILES string of the molecule is CC/C=C\C/C=C\C/C=C\C/C=C\C/C=C\C/C=C\CCCCCCCCCCCCC(=O)NC(COC1OC(CO)C(O)C(O)C1O)C(O)CCCCCCCCCCCCCCCCCCCCCCCCCCCCCCCCCC. The van der Waals surface area contributed by atoms with Gasteiger partial charge in [-0.1, -0.05) is 344 Å². The first-order valence-electron chi connectivity index (χ1n) is 36.1. The van der Waals surface area contributed by atoms with Gasteiger partial charge in [-0.3, -0.25) is 4.79 Å². The second kappa shape index (κ2) is 63.6. The van der Waals surface area contributed by atoms with Gasteiger partial charge < -0.3 is 40.3 Å². The highest BCUT2D eigenvalue weighted by molar-refractivity contribution is 5.76. The summed E-state index contributed by atoms with van der Waals surface area (Å²) in [5.74, 6) is -0.147. The maximum Gasteiger partial charge on any atom is 0.220 e. The van der Waals surface area contributed by atoms with Gasteiger partial charge in [0.15, 0.2) is 6.29 Å². The van der Waals surface area contributed by atoms with Crippen molar-refractivity contribution in [2.75, 3.05) is 13.2 Å². The van der Waals surface area contributed by atoms with Crippen molar-refractivity contribution >= 4 is 5.91 Å². The van der Waals surface area contributed by atoms with Gasteiger partial charge in [0.05, 0.1) is 25.4 Å². The van der Waals surface area contributed by atoms with Crippen LogP contribution < -0.4 is 5.32 Å². The van der Waals surface area contributed by atoms with E-state index >= 15 is 0 Å². The van der Waals surface area contributed by atoms with Crippen LogP contribution in [-0.4, -0.2) is 87.5 Å². The molecule has 1 saturated heterocycles. The fourth-order valence-corrected chi connectivity index (χ4v) is 11.5. The van der Waals surface area contributed by atoms with Crippen molar-refractivity contribution in [1.82, 2.24) is 5.32 Å². The normalized spacial score (nSPS) is 18.6. The highest BCUT2D eigenvalue weighted by atomic mass is 16.7. The summed E-state index contributed by atoms with van der Waals surface area (Å²) < 4.78 is 11.4. The number of hydrogen-bond donors (Lipinski definition) is 6. The van der Waals surface area contributed by atoms with Crippen LogP contribution >= 0.6 is 0 Å². The third-order valence-electron chi connectivity index (χ3n) is 17.1. The molecule has 1 fully saturated rings. The number of aliphatic hydroxyl groups is 5. The predicted molar refractivity (Wildman–Crippen MR) is 359 cm³/mol. The molecule has 1 aliphatic heterocycles. The van der Waals surface area contributed by atoms with Crippen molar-refractivity contribution in [2.24, 2.45) is 0 Å². The Balaban J connectivity index is 2.11. The Morgan fingerprint density at radius 1 is 0.417 bits per heavy atom. The zero-order valence-electron chi connectivity index (χ0n) is 54.9. The van der Waals surface area contributed by atoms with Crippen LogP contribution in [0.2, 0.25) is 0 Å². The van der Waals surface area contributed by atoms with Gasteiger partial charge in [-0.2, -0.15) is 0 Å². The van der Waals surface area contributed by atoms with E-state index in [0.717, 1.165) is 83.5 Å². The van der Waals surface area contributed by atoms with Crippen LogP contribution in [-0.2, 0) is 14.3 Å². The molecule has 84 heavy (non-hydrogen) atoms. The Morgan fingerprint density at radius 3 is 1.10 bits per heavy atom. The molecule has 0 bridgehead atoms. The number of amides is 1. The molecule has 7 atom stereocenters. The number of allylic oxidation sites excluding steroid dienone is 12.